The number of nitrogens with zero attached hydrogens (tertiary/aromatic N) is 1. The molecule has 2 aromatic carbocycles. The standard InChI is InChI=1S/C19H18N2O.2ClH/c20-12-17-9-10-21-13-19(17)16-7-4-8-18(11-16)22-14-15-5-2-1-3-6-15;;/h1-11,13H,12,14,20H2;2*1H. The fourth-order valence-corrected chi connectivity index (χ4v) is 2.36. The Bertz CT molecular complexity index is 751. The predicted octanol–water partition coefficient (Wildman–Crippen LogP) is 4.63. The first-order valence-electron chi connectivity index (χ1n) is 7.27. The molecule has 3 nitrogen and oxygen atoms in total. The van der Waals surface area contributed by atoms with Gasteiger partial charge in [0.15, 0.2) is 0 Å². The molecule has 0 atom stereocenters. The van der Waals surface area contributed by atoms with Crippen molar-refractivity contribution in [1.82, 2.24) is 4.98 Å². The summed E-state index contributed by atoms with van der Waals surface area (Å²) in [6.07, 6.45) is 3.61. The molecule has 1 heterocycles. The van der Waals surface area contributed by atoms with Gasteiger partial charge in [-0.2, -0.15) is 0 Å². The van der Waals surface area contributed by atoms with Gasteiger partial charge >= 0.3 is 0 Å². The van der Waals surface area contributed by atoms with Crippen molar-refractivity contribution in [2.24, 2.45) is 5.73 Å². The van der Waals surface area contributed by atoms with Crippen LogP contribution in [-0.4, -0.2) is 4.98 Å². The zero-order chi connectivity index (χ0) is 15.2. The highest BCUT2D eigenvalue weighted by atomic mass is 35.5. The zero-order valence-electron chi connectivity index (χ0n) is 13.1. The molecule has 126 valence electrons. The van der Waals surface area contributed by atoms with E-state index in [0.717, 1.165) is 28.0 Å². The lowest BCUT2D eigenvalue weighted by molar-refractivity contribution is 0.306. The Morgan fingerprint density at radius 3 is 2.46 bits per heavy atom. The van der Waals surface area contributed by atoms with Crippen molar-refractivity contribution in [3.63, 3.8) is 0 Å². The molecule has 0 radical (unpaired) electrons. The molecule has 2 N–H and O–H groups in total. The van der Waals surface area contributed by atoms with Gasteiger partial charge < -0.3 is 10.5 Å². The summed E-state index contributed by atoms with van der Waals surface area (Å²) < 4.78 is 5.88. The highest BCUT2D eigenvalue weighted by molar-refractivity contribution is 5.85. The molecule has 24 heavy (non-hydrogen) atoms. The average molecular weight is 363 g/mol. The summed E-state index contributed by atoms with van der Waals surface area (Å²) >= 11 is 0. The number of rotatable bonds is 5. The SMILES string of the molecule is Cl.Cl.NCc1ccncc1-c1cccc(OCc2ccccc2)c1. The summed E-state index contributed by atoms with van der Waals surface area (Å²) in [5, 5.41) is 0. The van der Waals surface area contributed by atoms with Gasteiger partial charge in [-0.1, -0.05) is 42.5 Å². The summed E-state index contributed by atoms with van der Waals surface area (Å²) in [5.74, 6) is 0.841. The van der Waals surface area contributed by atoms with Gasteiger partial charge in [0.1, 0.15) is 12.4 Å². The van der Waals surface area contributed by atoms with Crippen LogP contribution in [0.4, 0.5) is 0 Å². The second-order valence-electron chi connectivity index (χ2n) is 5.04. The molecule has 0 fully saturated rings. The highest BCUT2D eigenvalue weighted by Crippen LogP contribution is 2.26. The second kappa shape index (κ2) is 9.93. The number of hydrogen-bond donors (Lipinski definition) is 1. The number of ether oxygens (including phenoxy) is 1. The van der Waals surface area contributed by atoms with Crippen LogP contribution in [0.25, 0.3) is 11.1 Å². The van der Waals surface area contributed by atoms with E-state index in [1.54, 1.807) is 6.20 Å². The van der Waals surface area contributed by atoms with Gasteiger partial charge in [0.05, 0.1) is 0 Å². The molecule has 0 saturated carbocycles. The maximum Gasteiger partial charge on any atom is 0.120 e. The maximum absolute atomic E-state index is 5.88. The van der Waals surface area contributed by atoms with Crippen molar-refractivity contribution in [2.75, 3.05) is 0 Å². The Kier molecular flexibility index (Phi) is 8.27. The van der Waals surface area contributed by atoms with E-state index < -0.39 is 0 Å². The van der Waals surface area contributed by atoms with Crippen LogP contribution in [0.3, 0.4) is 0 Å². The van der Waals surface area contributed by atoms with Crippen molar-refractivity contribution >= 4 is 24.8 Å². The van der Waals surface area contributed by atoms with Crippen LogP contribution in [0, 0.1) is 0 Å². The lowest BCUT2D eigenvalue weighted by atomic mass is 10.0. The minimum Gasteiger partial charge on any atom is -0.489 e. The fraction of sp³-hybridized carbons (Fsp3) is 0.105. The minimum absolute atomic E-state index is 0. The molecule has 0 aliphatic heterocycles. The van der Waals surface area contributed by atoms with Crippen LogP contribution in [-0.2, 0) is 13.2 Å². The smallest absolute Gasteiger partial charge is 0.120 e. The molecule has 0 bridgehead atoms. The second-order valence-corrected chi connectivity index (χ2v) is 5.04. The van der Waals surface area contributed by atoms with Crippen molar-refractivity contribution in [2.45, 2.75) is 13.2 Å². The van der Waals surface area contributed by atoms with Crippen LogP contribution >= 0.6 is 24.8 Å². The summed E-state index contributed by atoms with van der Waals surface area (Å²) in [7, 11) is 0. The Hall–Kier alpha value is -2.07. The minimum atomic E-state index is 0. The first-order valence-corrected chi connectivity index (χ1v) is 7.27. The van der Waals surface area contributed by atoms with E-state index in [1.807, 2.05) is 54.7 Å². The number of aromatic nitrogens is 1. The molecule has 0 aliphatic carbocycles. The number of nitrogens with two attached hydrogens (primary N) is 1. The Morgan fingerprint density at radius 1 is 0.917 bits per heavy atom. The highest BCUT2D eigenvalue weighted by Gasteiger charge is 2.05. The monoisotopic (exact) mass is 362 g/mol. The van der Waals surface area contributed by atoms with Crippen molar-refractivity contribution in [1.29, 1.82) is 0 Å². The van der Waals surface area contributed by atoms with Gasteiger partial charge in [0.25, 0.3) is 0 Å². The Morgan fingerprint density at radius 2 is 1.71 bits per heavy atom. The van der Waals surface area contributed by atoms with Gasteiger partial charge in [-0.15, -0.1) is 24.8 Å². The lowest BCUT2D eigenvalue weighted by Gasteiger charge is -2.10. The molecule has 3 aromatic rings. The van der Waals surface area contributed by atoms with Gasteiger partial charge in [-0.3, -0.25) is 4.98 Å². The number of halogens is 2. The van der Waals surface area contributed by atoms with E-state index in [9.17, 15) is 0 Å². The molecule has 3 rings (SSSR count). The van der Waals surface area contributed by atoms with Crippen molar-refractivity contribution < 1.29 is 4.74 Å². The molecule has 0 aliphatic rings. The van der Waals surface area contributed by atoms with E-state index in [4.69, 9.17) is 10.5 Å². The lowest BCUT2D eigenvalue weighted by Crippen LogP contribution is -2.00. The molecule has 0 amide bonds. The normalized spacial score (nSPS) is 9.54. The quantitative estimate of drug-likeness (QED) is 0.719. The topological polar surface area (TPSA) is 48.1 Å². The first-order chi connectivity index (χ1) is 10.9. The largest absolute Gasteiger partial charge is 0.489 e. The molecule has 0 saturated heterocycles. The van der Waals surface area contributed by atoms with Crippen LogP contribution in [0.1, 0.15) is 11.1 Å². The summed E-state index contributed by atoms with van der Waals surface area (Å²) in [6, 6.07) is 20.1. The average Bonchev–Trinajstić information content (AvgIpc) is 2.61. The number of hydrogen-bond acceptors (Lipinski definition) is 3. The van der Waals surface area contributed by atoms with Crippen LogP contribution in [0.15, 0.2) is 73.1 Å². The van der Waals surface area contributed by atoms with Crippen LogP contribution < -0.4 is 10.5 Å². The third-order valence-corrected chi connectivity index (χ3v) is 3.52. The number of pyridine rings is 1. The van der Waals surface area contributed by atoms with Gasteiger partial charge in [0.2, 0.25) is 0 Å². The third kappa shape index (κ3) is 4.96. The molecule has 5 heteroatoms. The molecule has 0 spiro atoms. The summed E-state index contributed by atoms with van der Waals surface area (Å²) in [6.45, 7) is 1.05. The fourth-order valence-electron chi connectivity index (χ4n) is 2.36. The van der Waals surface area contributed by atoms with Crippen LogP contribution in [0.2, 0.25) is 0 Å². The third-order valence-electron chi connectivity index (χ3n) is 3.52. The van der Waals surface area contributed by atoms with E-state index in [-0.39, 0.29) is 24.8 Å². The zero-order valence-corrected chi connectivity index (χ0v) is 14.7. The first kappa shape index (κ1) is 20.0. The van der Waals surface area contributed by atoms with Gasteiger partial charge in [-0.05, 0) is 34.9 Å². The van der Waals surface area contributed by atoms with E-state index in [0.29, 0.717) is 13.2 Å². The molecule has 1 aromatic heterocycles. The van der Waals surface area contributed by atoms with E-state index in [2.05, 4.69) is 17.1 Å². The van der Waals surface area contributed by atoms with E-state index >= 15 is 0 Å². The molecular weight excluding hydrogens is 343 g/mol. The maximum atomic E-state index is 5.88. The Labute approximate surface area is 154 Å². The molecular formula is C19H20Cl2N2O. The van der Waals surface area contributed by atoms with E-state index in [1.165, 1.54) is 0 Å². The van der Waals surface area contributed by atoms with Crippen LogP contribution in [0.5, 0.6) is 5.75 Å². The summed E-state index contributed by atoms with van der Waals surface area (Å²) in [4.78, 5) is 4.20. The Balaban J connectivity index is 0.00000144. The number of benzene rings is 2. The summed E-state index contributed by atoms with van der Waals surface area (Å²) in [5.41, 5.74) is 10.2. The van der Waals surface area contributed by atoms with Gasteiger partial charge in [-0.25, -0.2) is 0 Å². The molecule has 0 unspecified atom stereocenters. The predicted molar refractivity (Wildman–Crippen MR) is 103 cm³/mol. The van der Waals surface area contributed by atoms with Crippen molar-refractivity contribution in [3.05, 3.63) is 84.2 Å². The van der Waals surface area contributed by atoms with Crippen molar-refractivity contribution in [3.8, 4) is 16.9 Å². The van der Waals surface area contributed by atoms with Gasteiger partial charge in [0, 0.05) is 24.5 Å².